The lowest BCUT2D eigenvalue weighted by Gasteiger charge is -2.09. The molecule has 4 nitrogen and oxygen atoms in total. The van der Waals surface area contributed by atoms with Crippen molar-refractivity contribution in [3.8, 4) is 11.8 Å². The highest BCUT2D eigenvalue weighted by Gasteiger charge is 2.08. The Labute approximate surface area is 170 Å². The molecular formula is C20H15ClF2N4S. The van der Waals surface area contributed by atoms with Crippen molar-refractivity contribution in [1.29, 1.82) is 0 Å². The van der Waals surface area contributed by atoms with Crippen LogP contribution >= 0.6 is 23.5 Å². The third-order valence-corrected chi connectivity index (χ3v) is 4.96. The van der Waals surface area contributed by atoms with Crippen LogP contribution in [-0.2, 0) is 6.42 Å². The fraction of sp³-hybridized carbons (Fsp3) is 0.150. The van der Waals surface area contributed by atoms with Crippen LogP contribution in [-0.4, -0.2) is 15.0 Å². The van der Waals surface area contributed by atoms with Gasteiger partial charge in [0.15, 0.2) is 0 Å². The van der Waals surface area contributed by atoms with Gasteiger partial charge in [0.05, 0.1) is 27.5 Å². The van der Waals surface area contributed by atoms with Crippen LogP contribution in [0.15, 0.2) is 41.7 Å². The molecule has 0 fully saturated rings. The summed E-state index contributed by atoms with van der Waals surface area (Å²) in [4.78, 5) is 12.7. The van der Waals surface area contributed by atoms with E-state index in [1.807, 2.05) is 13.8 Å². The molecule has 2 heterocycles. The largest absolute Gasteiger partial charge is 0.324 e. The quantitative estimate of drug-likeness (QED) is 0.360. The molecule has 0 aliphatic heterocycles. The molecule has 0 unspecified atom stereocenters. The van der Waals surface area contributed by atoms with E-state index in [0.29, 0.717) is 28.4 Å². The minimum absolute atomic E-state index is 0.276. The van der Waals surface area contributed by atoms with E-state index in [1.165, 1.54) is 18.5 Å². The summed E-state index contributed by atoms with van der Waals surface area (Å²) >= 11 is 7.16. The Balaban J connectivity index is 1.83. The zero-order valence-electron chi connectivity index (χ0n) is 15.1. The maximum Gasteiger partial charge on any atom is 0.148 e. The normalized spacial score (nSPS) is 10.3. The maximum atomic E-state index is 13.8. The molecule has 0 aliphatic rings. The van der Waals surface area contributed by atoms with Crippen molar-refractivity contribution in [2.75, 3.05) is 4.72 Å². The summed E-state index contributed by atoms with van der Waals surface area (Å²) in [5.74, 6) is 4.76. The number of benzene rings is 1. The maximum absolute atomic E-state index is 13.8. The lowest BCUT2D eigenvalue weighted by atomic mass is 10.1. The van der Waals surface area contributed by atoms with Gasteiger partial charge in [-0.1, -0.05) is 30.4 Å². The highest BCUT2D eigenvalue weighted by molar-refractivity contribution is 8.00. The van der Waals surface area contributed by atoms with Gasteiger partial charge in [-0.05, 0) is 43.5 Å². The SMILES string of the molecule is CCc1ncnc(Cl)c1C#Cc1cnc(C)c(NSc2ccc(F)cc2F)c1. The van der Waals surface area contributed by atoms with Gasteiger partial charge in [-0.15, -0.1) is 0 Å². The number of halogens is 3. The number of nitrogens with zero attached hydrogens (tertiary/aromatic N) is 3. The van der Waals surface area contributed by atoms with E-state index in [4.69, 9.17) is 11.6 Å². The number of aryl methyl sites for hydroxylation is 2. The molecule has 0 saturated heterocycles. The van der Waals surface area contributed by atoms with Crippen molar-refractivity contribution in [2.24, 2.45) is 0 Å². The fourth-order valence-corrected chi connectivity index (χ4v) is 3.22. The fourth-order valence-electron chi connectivity index (χ4n) is 2.30. The van der Waals surface area contributed by atoms with Crippen molar-refractivity contribution in [1.82, 2.24) is 15.0 Å². The minimum Gasteiger partial charge on any atom is -0.324 e. The van der Waals surface area contributed by atoms with E-state index >= 15 is 0 Å². The number of rotatable bonds is 4. The van der Waals surface area contributed by atoms with Gasteiger partial charge in [-0.25, -0.2) is 18.7 Å². The number of nitrogens with one attached hydrogen (secondary N) is 1. The molecule has 3 aromatic rings. The van der Waals surface area contributed by atoms with Gasteiger partial charge in [0.25, 0.3) is 0 Å². The van der Waals surface area contributed by atoms with Crippen molar-refractivity contribution >= 4 is 29.2 Å². The van der Waals surface area contributed by atoms with Crippen LogP contribution in [0.5, 0.6) is 0 Å². The molecule has 0 bridgehead atoms. The Morgan fingerprint density at radius 2 is 1.96 bits per heavy atom. The van der Waals surface area contributed by atoms with Gasteiger partial charge in [0.2, 0.25) is 0 Å². The van der Waals surface area contributed by atoms with Crippen molar-refractivity contribution < 1.29 is 8.78 Å². The predicted molar refractivity (Wildman–Crippen MR) is 107 cm³/mol. The first-order valence-corrected chi connectivity index (χ1v) is 9.53. The first-order valence-electron chi connectivity index (χ1n) is 8.34. The molecule has 1 N–H and O–H groups in total. The average Bonchev–Trinajstić information content (AvgIpc) is 2.68. The highest BCUT2D eigenvalue weighted by Crippen LogP contribution is 2.26. The van der Waals surface area contributed by atoms with Crippen LogP contribution in [0, 0.1) is 30.4 Å². The molecule has 0 radical (unpaired) electrons. The Morgan fingerprint density at radius 1 is 1.14 bits per heavy atom. The lowest BCUT2D eigenvalue weighted by Crippen LogP contribution is -1.97. The second-order valence-electron chi connectivity index (χ2n) is 5.73. The van der Waals surface area contributed by atoms with Crippen LogP contribution in [0.25, 0.3) is 0 Å². The summed E-state index contributed by atoms with van der Waals surface area (Å²) < 4.78 is 29.8. The second-order valence-corrected chi connectivity index (χ2v) is 6.93. The number of anilines is 1. The number of hydrogen-bond donors (Lipinski definition) is 1. The Hall–Kier alpha value is -2.69. The van der Waals surface area contributed by atoms with Crippen LogP contribution in [0.1, 0.15) is 29.4 Å². The summed E-state index contributed by atoms with van der Waals surface area (Å²) in [5.41, 5.74) is 3.40. The Morgan fingerprint density at radius 3 is 2.71 bits per heavy atom. The second kappa shape index (κ2) is 9.00. The van der Waals surface area contributed by atoms with E-state index in [1.54, 1.807) is 12.3 Å². The van der Waals surface area contributed by atoms with Gasteiger partial charge >= 0.3 is 0 Å². The van der Waals surface area contributed by atoms with Gasteiger partial charge < -0.3 is 4.72 Å². The highest BCUT2D eigenvalue weighted by atomic mass is 35.5. The summed E-state index contributed by atoms with van der Waals surface area (Å²) in [6.45, 7) is 3.78. The third kappa shape index (κ3) is 4.77. The van der Waals surface area contributed by atoms with Crippen LogP contribution in [0.3, 0.4) is 0 Å². The summed E-state index contributed by atoms with van der Waals surface area (Å²) in [7, 11) is 0. The zero-order valence-corrected chi connectivity index (χ0v) is 16.6. The van der Waals surface area contributed by atoms with E-state index in [0.717, 1.165) is 29.4 Å². The molecule has 0 atom stereocenters. The molecule has 1 aromatic carbocycles. The van der Waals surface area contributed by atoms with E-state index < -0.39 is 11.6 Å². The number of aromatic nitrogens is 3. The summed E-state index contributed by atoms with van der Waals surface area (Å²) in [5, 5.41) is 0.306. The standard InChI is InChI=1S/C20H15ClF2N4S/c1-3-17-15(20(21)26-11-25-17)6-4-13-8-18(12(2)24-10-13)27-28-19-7-5-14(22)9-16(19)23/h5,7-11,27H,3H2,1-2H3. The molecule has 0 spiro atoms. The molecular weight excluding hydrogens is 402 g/mol. The lowest BCUT2D eigenvalue weighted by molar-refractivity contribution is 0.566. The molecule has 8 heteroatoms. The third-order valence-electron chi connectivity index (χ3n) is 3.80. The zero-order chi connectivity index (χ0) is 20.1. The van der Waals surface area contributed by atoms with Crippen molar-refractivity contribution in [3.63, 3.8) is 0 Å². The molecule has 142 valence electrons. The first kappa shape index (κ1) is 20.1. The van der Waals surface area contributed by atoms with E-state index in [-0.39, 0.29) is 4.90 Å². The summed E-state index contributed by atoms with van der Waals surface area (Å²) in [6.07, 6.45) is 3.73. The average molecular weight is 417 g/mol. The minimum atomic E-state index is -0.634. The van der Waals surface area contributed by atoms with Crippen molar-refractivity contribution in [3.05, 3.63) is 76.1 Å². The van der Waals surface area contributed by atoms with Crippen LogP contribution in [0.4, 0.5) is 14.5 Å². The Bertz CT molecular complexity index is 1080. The monoisotopic (exact) mass is 416 g/mol. The van der Waals surface area contributed by atoms with Crippen LogP contribution in [0.2, 0.25) is 5.15 Å². The van der Waals surface area contributed by atoms with E-state index in [2.05, 4.69) is 31.5 Å². The van der Waals surface area contributed by atoms with Gasteiger partial charge in [0, 0.05) is 17.8 Å². The van der Waals surface area contributed by atoms with Crippen molar-refractivity contribution in [2.45, 2.75) is 25.2 Å². The molecule has 3 rings (SSSR count). The first-order chi connectivity index (χ1) is 13.5. The molecule has 0 saturated carbocycles. The molecule has 0 aliphatic carbocycles. The van der Waals surface area contributed by atoms with Gasteiger partial charge in [-0.2, -0.15) is 0 Å². The number of hydrogen-bond acceptors (Lipinski definition) is 5. The van der Waals surface area contributed by atoms with Gasteiger partial charge in [0.1, 0.15) is 23.1 Å². The Kier molecular flexibility index (Phi) is 6.45. The van der Waals surface area contributed by atoms with Crippen LogP contribution < -0.4 is 4.72 Å². The molecule has 0 amide bonds. The van der Waals surface area contributed by atoms with Gasteiger partial charge in [-0.3, -0.25) is 4.98 Å². The topological polar surface area (TPSA) is 50.7 Å². The molecule has 28 heavy (non-hydrogen) atoms. The molecule has 2 aromatic heterocycles. The predicted octanol–water partition coefficient (Wildman–Crippen LogP) is 5.19. The number of pyridine rings is 1. The summed E-state index contributed by atoms with van der Waals surface area (Å²) in [6, 6.07) is 5.22. The van der Waals surface area contributed by atoms with E-state index in [9.17, 15) is 8.78 Å². The smallest absolute Gasteiger partial charge is 0.148 e.